The number of fused-ring (bicyclic) bond motifs is 1. The van der Waals surface area contributed by atoms with E-state index in [0.29, 0.717) is 23.6 Å². The zero-order chi connectivity index (χ0) is 22.2. The summed E-state index contributed by atoms with van der Waals surface area (Å²) in [6.07, 6.45) is 5.00. The fraction of sp³-hybridized carbons (Fsp3) is 0.238. The van der Waals surface area contributed by atoms with Gasteiger partial charge in [0.1, 0.15) is 5.82 Å². The Morgan fingerprint density at radius 1 is 1.16 bits per heavy atom. The Hall–Kier alpha value is -3.37. The van der Waals surface area contributed by atoms with Crippen molar-refractivity contribution in [2.45, 2.75) is 31.8 Å². The molecule has 0 bridgehead atoms. The van der Waals surface area contributed by atoms with E-state index in [1.807, 2.05) is 19.1 Å². The Balaban J connectivity index is 1.70. The number of pyridine rings is 1. The molecular weight excluding hydrogens is 418 g/mol. The molecule has 0 spiro atoms. The van der Waals surface area contributed by atoms with Gasteiger partial charge in [-0.15, -0.1) is 0 Å². The van der Waals surface area contributed by atoms with Gasteiger partial charge in [-0.25, -0.2) is 23.2 Å². The third-order valence-electron chi connectivity index (χ3n) is 5.02. The van der Waals surface area contributed by atoms with Crippen molar-refractivity contribution in [1.29, 1.82) is 0 Å². The predicted octanol–water partition coefficient (Wildman–Crippen LogP) is 2.60. The van der Waals surface area contributed by atoms with Crippen molar-refractivity contribution >= 4 is 21.1 Å². The first-order chi connectivity index (χ1) is 14.8. The lowest BCUT2D eigenvalue weighted by Crippen LogP contribution is -2.27. The Morgan fingerprint density at radius 2 is 1.90 bits per heavy atom. The van der Waals surface area contributed by atoms with Crippen LogP contribution in [0.2, 0.25) is 0 Å². The summed E-state index contributed by atoms with van der Waals surface area (Å²) in [5.74, 6) is 0.0292. The zero-order valence-electron chi connectivity index (χ0n) is 17.3. The second-order valence-electron chi connectivity index (χ2n) is 7.02. The van der Waals surface area contributed by atoms with Crippen LogP contribution in [0, 0.1) is 6.92 Å². The molecule has 0 aliphatic carbocycles. The fourth-order valence-electron chi connectivity index (χ4n) is 3.39. The Morgan fingerprint density at radius 3 is 2.61 bits per heavy atom. The maximum absolute atomic E-state index is 13.2. The molecule has 10 heteroatoms. The third-order valence-corrected chi connectivity index (χ3v) is 6.82. The Labute approximate surface area is 179 Å². The second kappa shape index (κ2) is 8.05. The van der Waals surface area contributed by atoms with Gasteiger partial charge < -0.3 is 4.42 Å². The maximum Gasteiger partial charge on any atom is 0.419 e. The molecule has 0 fully saturated rings. The van der Waals surface area contributed by atoms with Gasteiger partial charge in [-0.05, 0) is 43.7 Å². The molecular formula is C21H21N5O4S. The molecule has 0 aliphatic heterocycles. The van der Waals surface area contributed by atoms with E-state index in [4.69, 9.17) is 4.42 Å². The number of rotatable bonds is 6. The normalized spacial score (nSPS) is 12.0. The van der Waals surface area contributed by atoms with Crippen LogP contribution in [0.1, 0.15) is 18.4 Å². The van der Waals surface area contributed by atoms with Crippen molar-refractivity contribution in [2.75, 3.05) is 7.05 Å². The van der Waals surface area contributed by atoms with Crippen LogP contribution in [0.25, 0.3) is 22.2 Å². The molecule has 31 heavy (non-hydrogen) atoms. The SMILES string of the molecule is CCn1c(=O)oc2cc(S(=O)(=O)N(C)Cc3nc(C)ncc3-c3ccncc3)ccc21. The lowest BCUT2D eigenvalue weighted by molar-refractivity contribution is 0.461. The molecule has 9 nitrogen and oxygen atoms in total. The highest BCUT2D eigenvalue weighted by atomic mass is 32.2. The number of oxazole rings is 1. The van der Waals surface area contributed by atoms with Gasteiger partial charge in [-0.2, -0.15) is 4.31 Å². The smallest absolute Gasteiger partial charge is 0.408 e. The van der Waals surface area contributed by atoms with Crippen molar-refractivity contribution in [3.05, 3.63) is 71.0 Å². The monoisotopic (exact) mass is 439 g/mol. The topological polar surface area (TPSA) is 111 Å². The number of aryl methyl sites for hydroxylation is 2. The molecule has 0 radical (unpaired) electrons. The highest BCUT2D eigenvalue weighted by Gasteiger charge is 2.24. The summed E-state index contributed by atoms with van der Waals surface area (Å²) in [4.78, 5) is 24.7. The van der Waals surface area contributed by atoms with E-state index in [2.05, 4.69) is 15.0 Å². The van der Waals surface area contributed by atoms with E-state index in [9.17, 15) is 13.2 Å². The van der Waals surface area contributed by atoms with E-state index in [-0.39, 0.29) is 17.0 Å². The maximum atomic E-state index is 13.2. The molecule has 4 rings (SSSR count). The first-order valence-electron chi connectivity index (χ1n) is 9.64. The van der Waals surface area contributed by atoms with Crippen LogP contribution in [0.15, 0.2) is 63.0 Å². The van der Waals surface area contributed by atoms with Crippen LogP contribution >= 0.6 is 0 Å². The van der Waals surface area contributed by atoms with Gasteiger partial charge in [0.15, 0.2) is 5.58 Å². The van der Waals surface area contributed by atoms with E-state index in [1.165, 1.54) is 28.1 Å². The van der Waals surface area contributed by atoms with Crippen molar-refractivity contribution < 1.29 is 12.8 Å². The Kier molecular flexibility index (Phi) is 5.42. The summed E-state index contributed by atoms with van der Waals surface area (Å²) in [7, 11) is -2.37. The molecule has 3 aromatic heterocycles. The van der Waals surface area contributed by atoms with Crippen LogP contribution in [0.3, 0.4) is 0 Å². The van der Waals surface area contributed by atoms with E-state index in [1.54, 1.807) is 31.6 Å². The van der Waals surface area contributed by atoms with Crippen LogP contribution in [-0.4, -0.2) is 39.3 Å². The summed E-state index contributed by atoms with van der Waals surface area (Å²) in [5.41, 5.74) is 2.95. The van der Waals surface area contributed by atoms with Gasteiger partial charge in [0.05, 0.1) is 22.7 Å². The van der Waals surface area contributed by atoms with Crippen LogP contribution in [-0.2, 0) is 23.1 Å². The highest BCUT2D eigenvalue weighted by molar-refractivity contribution is 7.89. The number of sulfonamides is 1. The van der Waals surface area contributed by atoms with Gasteiger partial charge in [0.25, 0.3) is 0 Å². The average molecular weight is 439 g/mol. The standard InChI is InChI=1S/C21H21N5O4S/c1-4-26-19-6-5-16(11-20(19)30-21(26)27)31(28,29)25(3)13-18-17(12-23-14(2)24-18)15-7-9-22-10-8-15/h5-12H,4,13H2,1-3H3. The third kappa shape index (κ3) is 3.87. The lowest BCUT2D eigenvalue weighted by Gasteiger charge is -2.19. The molecule has 3 heterocycles. The quantitative estimate of drug-likeness (QED) is 0.454. The molecule has 160 valence electrons. The molecule has 0 saturated carbocycles. The van der Waals surface area contributed by atoms with Gasteiger partial charge in [0, 0.05) is 43.8 Å². The zero-order valence-corrected chi connectivity index (χ0v) is 18.1. The minimum Gasteiger partial charge on any atom is -0.408 e. The van der Waals surface area contributed by atoms with E-state index in [0.717, 1.165) is 11.1 Å². The van der Waals surface area contributed by atoms with Crippen molar-refractivity contribution in [1.82, 2.24) is 23.8 Å². The first kappa shape index (κ1) is 20.9. The summed E-state index contributed by atoms with van der Waals surface area (Å²) in [6, 6.07) is 8.08. The summed E-state index contributed by atoms with van der Waals surface area (Å²) >= 11 is 0. The predicted molar refractivity (Wildman–Crippen MR) is 115 cm³/mol. The van der Waals surface area contributed by atoms with Gasteiger partial charge in [-0.3, -0.25) is 9.55 Å². The molecule has 4 aromatic rings. The van der Waals surface area contributed by atoms with E-state index < -0.39 is 15.8 Å². The first-order valence-corrected chi connectivity index (χ1v) is 11.1. The Bertz CT molecular complexity index is 1410. The molecule has 0 aliphatic rings. The van der Waals surface area contributed by atoms with Crippen LogP contribution < -0.4 is 5.76 Å². The highest BCUT2D eigenvalue weighted by Crippen LogP contribution is 2.25. The minimum atomic E-state index is -3.86. The molecule has 0 unspecified atom stereocenters. The summed E-state index contributed by atoms with van der Waals surface area (Å²) < 4.78 is 34.3. The largest absolute Gasteiger partial charge is 0.419 e. The molecule has 0 saturated heterocycles. The minimum absolute atomic E-state index is 0.0377. The summed E-state index contributed by atoms with van der Waals surface area (Å²) in [6.45, 7) is 4.05. The van der Waals surface area contributed by atoms with Gasteiger partial charge in [-0.1, -0.05) is 0 Å². The number of hydrogen-bond donors (Lipinski definition) is 0. The van der Waals surface area contributed by atoms with Gasteiger partial charge >= 0.3 is 5.76 Å². The van der Waals surface area contributed by atoms with Crippen molar-refractivity contribution in [3.8, 4) is 11.1 Å². The number of aromatic nitrogens is 4. The fourth-order valence-corrected chi connectivity index (χ4v) is 4.54. The van der Waals surface area contributed by atoms with E-state index >= 15 is 0 Å². The van der Waals surface area contributed by atoms with Crippen LogP contribution in [0.5, 0.6) is 0 Å². The molecule has 0 atom stereocenters. The van der Waals surface area contributed by atoms with Crippen molar-refractivity contribution in [2.24, 2.45) is 0 Å². The van der Waals surface area contributed by atoms with Crippen molar-refractivity contribution in [3.63, 3.8) is 0 Å². The number of nitrogens with zero attached hydrogens (tertiary/aromatic N) is 5. The van der Waals surface area contributed by atoms with Gasteiger partial charge in [0.2, 0.25) is 10.0 Å². The molecule has 0 amide bonds. The number of hydrogen-bond acceptors (Lipinski definition) is 7. The lowest BCUT2D eigenvalue weighted by atomic mass is 10.1. The number of benzene rings is 1. The second-order valence-corrected chi connectivity index (χ2v) is 9.06. The summed E-state index contributed by atoms with van der Waals surface area (Å²) in [5, 5.41) is 0. The average Bonchev–Trinajstić information content (AvgIpc) is 3.08. The molecule has 1 aromatic carbocycles. The molecule has 0 N–H and O–H groups in total. The van der Waals surface area contributed by atoms with Crippen LogP contribution in [0.4, 0.5) is 0 Å².